The first-order chi connectivity index (χ1) is 14.8. The van der Waals surface area contributed by atoms with Gasteiger partial charge in [-0.25, -0.2) is 15.0 Å². The van der Waals surface area contributed by atoms with E-state index in [-0.39, 0.29) is 0 Å². The van der Waals surface area contributed by atoms with Crippen LogP contribution >= 0.6 is 11.6 Å². The Labute approximate surface area is 180 Å². The van der Waals surface area contributed by atoms with Crippen molar-refractivity contribution in [3.63, 3.8) is 0 Å². The maximum Gasteiger partial charge on any atom is 0.225 e. The van der Waals surface area contributed by atoms with E-state index >= 15 is 0 Å². The van der Waals surface area contributed by atoms with Crippen LogP contribution in [-0.2, 0) is 13.1 Å². The number of hydrogen-bond acceptors (Lipinski definition) is 5. The second kappa shape index (κ2) is 8.42. The van der Waals surface area contributed by atoms with Crippen LogP contribution in [0.5, 0.6) is 0 Å². The molecule has 152 valence electrons. The number of halogens is 1. The molecule has 1 aliphatic heterocycles. The molecule has 30 heavy (non-hydrogen) atoms. The maximum atomic E-state index is 5.91. The van der Waals surface area contributed by atoms with Gasteiger partial charge in [0.25, 0.3) is 0 Å². The number of rotatable bonds is 5. The number of piperazine rings is 1. The van der Waals surface area contributed by atoms with Crippen molar-refractivity contribution >= 4 is 28.6 Å². The quantitative estimate of drug-likeness (QED) is 0.492. The van der Waals surface area contributed by atoms with E-state index in [0.717, 1.165) is 56.6 Å². The van der Waals surface area contributed by atoms with E-state index in [1.54, 1.807) is 12.4 Å². The van der Waals surface area contributed by atoms with Crippen molar-refractivity contribution in [2.45, 2.75) is 13.1 Å². The number of nitrogens with zero attached hydrogens (tertiary/aromatic N) is 6. The van der Waals surface area contributed by atoms with Crippen molar-refractivity contribution in [1.29, 1.82) is 0 Å². The fourth-order valence-electron chi connectivity index (χ4n) is 3.96. The van der Waals surface area contributed by atoms with Crippen molar-refractivity contribution in [1.82, 2.24) is 24.4 Å². The summed E-state index contributed by atoms with van der Waals surface area (Å²) >= 11 is 5.91. The third-order valence-electron chi connectivity index (χ3n) is 5.54. The number of imidazole rings is 1. The SMILES string of the molecule is Clc1cnc(N2CCN(Cc3nc4ccccc4n3Cc3ccccc3)CC2)nc1. The lowest BCUT2D eigenvalue weighted by molar-refractivity contribution is 0.240. The molecule has 1 saturated heterocycles. The second-order valence-corrected chi connectivity index (χ2v) is 7.99. The number of para-hydroxylation sites is 2. The van der Waals surface area contributed by atoms with E-state index < -0.39 is 0 Å². The second-order valence-electron chi connectivity index (χ2n) is 7.55. The van der Waals surface area contributed by atoms with E-state index in [1.165, 1.54) is 11.1 Å². The van der Waals surface area contributed by atoms with Gasteiger partial charge < -0.3 is 9.47 Å². The predicted molar refractivity (Wildman–Crippen MR) is 120 cm³/mol. The third kappa shape index (κ3) is 4.01. The van der Waals surface area contributed by atoms with Crippen LogP contribution in [-0.4, -0.2) is 50.6 Å². The molecule has 1 aliphatic rings. The Balaban J connectivity index is 1.33. The molecule has 0 bridgehead atoms. The minimum Gasteiger partial charge on any atom is -0.338 e. The summed E-state index contributed by atoms with van der Waals surface area (Å²) in [5.41, 5.74) is 3.52. The number of anilines is 1. The van der Waals surface area contributed by atoms with Crippen LogP contribution in [0, 0.1) is 0 Å². The zero-order valence-electron chi connectivity index (χ0n) is 16.7. The highest BCUT2D eigenvalue weighted by molar-refractivity contribution is 6.30. The minimum atomic E-state index is 0.565. The Morgan fingerprint density at radius 1 is 0.800 bits per heavy atom. The molecular formula is C23H23ClN6. The van der Waals surface area contributed by atoms with Gasteiger partial charge in [0.2, 0.25) is 5.95 Å². The molecule has 0 atom stereocenters. The van der Waals surface area contributed by atoms with Crippen molar-refractivity contribution in [3.8, 4) is 0 Å². The number of benzene rings is 2. The zero-order valence-corrected chi connectivity index (χ0v) is 17.4. The molecule has 0 saturated carbocycles. The summed E-state index contributed by atoms with van der Waals surface area (Å²) in [6, 6.07) is 19.0. The molecule has 0 amide bonds. The van der Waals surface area contributed by atoms with Crippen molar-refractivity contribution < 1.29 is 0 Å². The summed E-state index contributed by atoms with van der Waals surface area (Å²) in [5.74, 6) is 1.85. The Morgan fingerprint density at radius 3 is 2.27 bits per heavy atom. The van der Waals surface area contributed by atoms with E-state index in [4.69, 9.17) is 16.6 Å². The molecule has 0 spiro atoms. The van der Waals surface area contributed by atoms with Crippen LogP contribution in [0.4, 0.5) is 5.95 Å². The van der Waals surface area contributed by atoms with Crippen LogP contribution in [0.15, 0.2) is 67.0 Å². The van der Waals surface area contributed by atoms with Crippen LogP contribution in [0.1, 0.15) is 11.4 Å². The third-order valence-corrected chi connectivity index (χ3v) is 5.74. The lowest BCUT2D eigenvalue weighted by atomic mass is 10.2. The van der Waals surface area contributed by atoms with Crippen LogP contribution in [0.2, 0.25) is 5.02 Å². The van der Waals surface area contributed by atoms with Gasteiger partial charge in [-0.2, -0.15) is 0 Å². The van der Waals surface area contributed by atoms with Gasteiger partial charge in [-0.1, -0.05) is 54.1 Å². The first-order valence-electron chi connectivity index (χ1n) is 10.2. The lowest BCUT2D eigenvalue weighted by Gasteiger charge is -2.34. The number of fused-ring (bicyclic) bond motifs is 1. The highest BCUT2D eigenvalue weighted by atomic mass is 35.5. The fourth-order valence-corrected chi connectivity index (χ4v) is 4.06. The molecule has 2 aromatic carbocycles. The Hall–Kier alpha value is -2.96. The molecular weight excluding hydrogens is 396 g/mol. The van der Waals surface area contributed by atoms with Gasteiger partial charge >= 0.3 is 0 Å². The van der Waals surface area contributed by atoms with Crippen LogP contribution in [0.3, 0.4) is 0 Å². The topological polar surface area (TPSA) is 50.1 Å². The molecule has 1 fully saturated rings. The molecule has 0 N–H and O–H groups in total. The summed E-state index contributed by atoms with van der Waals surface area (Å²) in [6.07, 6.45) is 3.31. The largest absolute Gasteiger partial charge is 0.338 e. The first kappa shape index (κ1) is 19.0. The smallest absolute Gasteiger partial charge is 0.225 e. The highest BCUT2D eigenvalue weighted by Gasteiger charge is 2.21. The number of hydrogen-bond donors (Lipinski definition) is 0. The van der Waals surface area contributed by atoms with Gasteiger partial charge in [0.15, 0.2) is 0 Å². The van der Waals surface area contributed by atoms with Crippen LogP contribution in [0.25, 0.3) is 11.0 Å². The summed E-state index contributed by atoms with van der Waals surface area (Å²) in [4.78, 5) is 18.3. The summed E-state index contributed by atoms with van der Waals surface area (Å²) in [6.45, 7) is 5.33. The van der Waals surface area contributed by atoms with E-state index in [0.29, 0.717) is 5.02 Å². The molecule has 5 rings (SSSR count). The van der Waals surface area contributed by atoms with Crippen molar-refractivity contribution in [3.05, 3.63) is 83.4 Å². The Morgan fingerprint density at radius 2 is 1.50 bits per heavy atom. The molecule has 0 aliphatic carbocycles. The van der Waals surface area contributed by atoms with Gasteiger partial charge in [-0.3, -0.25) is 4.90 Å². The molecule has 7 heteroatoms. The first-order valence-corrected chi connectivity index (χ1v) is 10.6. The van der Waals surface area contributed by atoms with Gasteiger partial charge in [-0.15, -0.1) is 0 Å². The fraction of sp³-hybridized carbons (Fsp3) is 0.261. The monoisotopic (exact) mass is 418 g/mol. The molecule has 4 aromatic rings. The van der Waals surface area contributed by atoms with Gasteiger partial charge in [0, 0.05) is 32.7 Å². The minimum absolute atomic E-state index is 0.565. The lowest BCUT2D eigenvalue weighted by Crippen LogP contribution is -2.46. The van der Waals surface area contributed by atoms with Gasteiger partial charge in [-0.05, 0) is 17.7 Å². The Bertz CT molecular complexity index is 1120. The van der Waals surface area contributed by atoms with Crippen molar-refractivity contribution in [2.75, 3.05) is 31.1 Å². The van der Waals surface area contributed by atoms with Crippen LogP contribution < -0.4 is 4.90 Å². The summed E-state index contributed by atoms with van der Waals surface area (Å²) in [7, 11) is 0. The van der Waals surface area contributed by atoms with E-state index in [9.17, 15) is 0 Å². The van der Waals surface area contributed by atoms with E-state index in [2.05, 4.69) is 78.9 Å². The van der Waals surface area contributed by atoms with Crippen molar-refractivity contribution in [2.24, 2.45) is 0 Å². The summed E-state index contributed by atoms with van der Waals surface area (Å²) < 4.78 is 2.35. The maximum absolute atomic E-state index is 5.91. The summed E-state index contributed by atoms with van der Waals surface area (Å²) in [5, 5.41) is 0.565. The normalized spacial score (nSPS) is 15.0. The standard InChI is InChI=1S/C23H23ClN6/c24-19-14-25-23(26-15-19)29-12-10-28(11-13-29)17-22-27-20-8-4-5-9-21(20)30(22)16-18-6-2-1-3-7-18/h1-9,14-15H,10-13,16-17H2. The number of aromatic nitrogens is 4. The van der Waals surface area contributed by atoms with Gasteiger partial charge in [0.1, 0.15) is 5.82 Å². The average molecular weight is 419 g/mol. The Kier molecular flexibility index (Phi) is 5.34. The average Bonchev–Trinajstić information content (AvgIpc) is 3.12. The van der Waals surface area contributed by atoms with E-state index in [1.807, 2.05) is 0 Å². The van der Waals surface area contributed by atoms with Gasteiger partial charge in [0.05, 0.1) is 35.0 Å². The molecule has 6 nitrogen and oxygen atoms in total. The highest BCUT2D eigenvalue weighted by Crippen LogP contribution is 2.20. The predicted octanol–water partition coefficient (Wildman–Crippen LogP) is 3.85. The zero-order chi connectivity index (χ0) is 20.3. The molecule has 2 aromatic heterocycles. The molecule has 0 radical (unpaired) electrons. The molecule has 3 heterocycles. The molecule has 0 unspecified atom stereocenters.